The summed E-state index contributed by atoms with van der Waals surface area (Å²) in [6.45, 7) is 3.57. The van der Waals surface area contributed by atoms with Crippen LogP contribution in [0.4, 0.5) is 0 Å². The lowest BCUT2D eigenvalue weighted by atomic mass is 10.1. The van der Waals surface area contributed by atoms with E-state index in [9.17, 15) is 8.42 Å². The molecule has 0 aliphatic carbocycles. The highest BCUT2D eigenvalue weighted by atomic mass is 79.9. The van der Waals surface area contributed by atoms with Gasteiger partial charge in [0.15, 0.2) is 0 Å². The molecule has 2 aliphatic rings. The molecule has 4 nitrogen and oxygen atoms in total. The van der Waals surface area contributed by atoms with Crippen LogP contribution in [0.3, 0.4) is 0 Å². The van der Waals surface area contributed by atoms with Crippen molar-refractivity contribution in [3.8, 4) is 0 Å². The van der Waals surface area contributed by atoms with Crippen LogP contribution in [0.15, 0.2) is 27.6 Å². The Labute approximate surface area is 135 Å². The van der Waals surface area contributed by atoms with Gasteiger partial charge in [-0.05, 0) is 62.9 Å². The van der Waals surface area contributed by atoms with Crippen LogP contribution in [0.2, 0.25) is 0 Å². The third-order valence-corrected chi connectivity index (χ3v) is 7.36. The van der Waals surface area contributed by atoms with Gasteiger partial charge in [-0.3, -0.25) is 0 Å². The van der Waals surface area contributed by atoms with Crippen LogP contribution in [0, 0.1) is 6.92 Å². The molecule has 1 aromatic carbocycles. The van der Waals surface area contributed by atoms with Crippen molar-refractivity contribution in [3.05, 3.63) is 28.2 Å². The highest BCUT2D eigenvalue weighted by molar-refractivity contribution is 9.10. The van der Waals surface area contributed by atoms with Gasteiger partial charge in [-0.15, -0.1) is 0 Å². The molecule has 2 atom stereocenters. The Morgan fingerprint density at radius 2 is 2.10 bits per heavy atom. The van der Waals surface area contributed by atoms with Gasteiger partial charge in [-0.2, -0.15) is 4.31 Å². The zero-order valence-corrected chi connectivity index (χ0v) is 14.6. The average Bonchev–Trinajstić information content (AvgIpc) is 3.11. The third kappa shape index (κ3) is 2.91. The second-order valence-corrected chi connectivity index (χ2v) is 8.68. The van der Waals surface area contributed by atoms with Crippen molar-refractivity contribution < 1.29 is 8.42 Å². The second kappa shape index (κ2) is 5.99. The standard InChI is InChI=1S/C15H21BrN2O2S/c1-11-10-12(6-7-13(11)16)21(19,20)18-9-3-5-15(18)14-4-2-8-17-14/h6-7,10,14-15,17H,2-5,8-9H2,1H3. The molecule has 2 fully saturated rings. The van der Waals surface area contributed by atoms with E-state index in [1.54, 1.807) is 16.4 Å². The number of hydrogen-bond donors (Lipinski definition) is 1. The van der Waals surface area contributed by atoms with Crippen LogP contribution in [-0.2, 0) is 10.0 Å². The van der Waals surface area contributed by atoms with Gasteiger partial charge >= 0.3 is 0 Å². The van der Waals surface area contributed by atoms with Crippen LogP contribution in [-0.4, -0.2) is 37.9 Å². The van der Waals surface area contributed by atoms with Gasteiger partial charge in [0.2, 0.25) is 10.0 Å². The summed E-state index contributed by atoms with van der Waals surface area (Å²) in [4.78, 5) is 0.410. The fraction of sp³-hybridized carbons (Fsp3) is 0.600. The average molecular weight is 373 g/mol. The van der Waals surface area contributed by atoms with Gasteiger partial charge in [0.05, 0.1) is 4.90 Å². The van der Waals surface area contributed by atoms with Gasteiger partial charge < -0.3 is 5.32 Å². The maximum absolute atomic E-state index is 12.9. The van der Waals surface area contributed by atoms with Gasteiger partial charge in [-0.25, -0.2) is 8.42 Å². The SMILES string of the molecule is Cc1cc(S(=O)(=O)N2CCCC2C2CCCN2)ccc1Br. The summed E-state index contributed by atoms with van der Waals surface area (Å²) in [5, 5.41) is 3.46. The minimum Gasteiger partial charge on any atom is -0.312 e. The number of aryl methyl sites for hydroxylation is 1. The molecule has 2 unspecified atom stereocenters. The van der Waals surface area contributed by atoms with Crippen molar-refractivity contribution in [1.29, 1.82) is 0 Å². The summed E-state index contributed by atoms with van der Waals surface area (Å²) < 4.78 is 28.6. The van der Waals surface area contributed by atoms with E-state index >= 15 is 0 Å². The molecule has 3 rings (SSSR count). The van der Waals surface area contributed by atoms with Crippen molar-refractivity contribution in [2.45, 2.75) is 49.6 Å². The zero-order valence-electron chi connectivity index (χ0n) is 12.2. The van der Waals surface area contributed by atoms with Crippen molar-refractivity contribution in [1.82, 2.24) is 9.62 Å². The lowest BCUT2D eigenvalue weighted by molar-refractivity contribution is 0.322. The molecule has 0 radical (unpaired) electrons. The van der Waals surface area contributed by atoms with E-state index in [-0.39, 0.29) is 6.04 Å². The second-order valence-electron chi connectivity index (χ2n) is 5.94. The Morgan fingerprint density at radius 1 is 1.29 bits per heavy atom. The van der Waals surface area contributed by atoms with Crippen LogP contribution in [0.1, 0.15) is 31.2 Å². The van der Waals surface area contributed by atoms with Crippen molar-refractivity contribution >= 4 is 26.0 Å². The van der Waals surface area contributed by atoms with Gasteiger partial charge in [0.1, 0.15) is 0 Å². The van der Waals surface area contributed by atoms with E-state index in [2.05, 4.69) is 21.2 Å². The number of sulfonamides is 1. The molecular formula is C15H21BrN2O2S. The Bertz CT molecular complexity index is 627. The quantitative estimate of drug-likeness (QED) is 0.886. The molecule has 1 N–H and O–H groups in total. The predicted octanol–water partition coefficient (Wildman–Crippen LogP) is 2.66. The third-order valence-electron chi connectivity index (χ3n) is 4.55. The van der Waals surface area contributed by atoms with E-state index < -0.39 is 10.0 Å². The minimum atomic E-state index is -3.39. The van der Waals surface area contributed by atoms with Gasteiger partial charge in [0, 0.05) is 23.1 Å². The molecule has 6 heteroatoms. The molecule has 0 spiro atoms. The van der Waals surface area contributed by atoms with Crippen molar-refractivity contribution in [3.63, 3.8) is 0 Å². The molecule has 0 aromatic heterocycles. The predicted molar refractivity (Wildman–Crippen MR) is 86.8 cm³/mol. The lowest BCUT2D eigenvalue weighted by Gasteiger charge is -2.29. The summed E-state index contributed by atoms with van der Waals surface area (Å²) in [6.07, 6.45) is 4.15. The number of benzene rings is 1. The van der Waals surface area contributed by atoms with E-state index in [0.717, 1.165) is 42.3 Å². The molecule has 2 heterocycles. The first-order valence-corrected chi connectivity index (χ1v) is 9.75. The molecule has 0 saturated carbocycles. The highest BCUT2D eigenvalue weighted by Gasteiger charge is 2.40. The number of halogens is 1. The molecule has 2 aliphatic heterocycles. The van der Waals surface area contributed by atoms with Crippen LogP contribution in [0.5, 0.6) is 0 Å². The van der Waals surface area contributed by atoms with E-state index in [1.165, 1.54) is 0 Å². The van der Waals surface area contributed by atoms with Crippen molar-refractivity contribution in [2.75, 3.05) is 13.1 Å². The number of rotatable bonds is 3. The molecule has 2 saturated heterocycles. The smallest absolute Gasteiger partial charge is 0.243 e. The highest BCUT2D eigenvalue weighted by Crippen LogP contribution is 2.31. The maximum Gasteiger partial charge on any atom is 0.243 e. The first kappa shape index (κ1) is 15.5. The fourth-order valence-electron chi connectivity index (χ4n) is 3.42. The summed E-state index contributed by atoms with van der Waals surface area (Å²) in [5.74, 6) is 0. The van der Waals surface area contributed by atoms with Crippen LogP contribution >= 0.6 is 15.9 Å². The van der Waals surface area contributed by atoms with Crippen LogP contribution < -0.4 is 5.32 Å². The monoisotopic (exact) mass is 372 g/mol. The fourth-order valence-corrected chi connectivity index (χ4v) is 5.48. The number of hydrogen-bond acceptors (Lipinski definition) is 3. The minimum absolute atomic E-state index is 0.112. The summed E-state index contributed by atoms with van der Waals surface area (Å²) >= 11 is 3.43. The topological polar surface area (TPSA) is 49.4 Å². The molecule has 0 bridgehead atoms. The normalized spacial score (nSPS) is 27.3. The van der Waals surface area contributed by atoms with E-state index in [0.29, 0.717) is 17.5 Å². The van der Waals surface area contributed by atoms with Crippen molar-refractivity contribution in [2.24, 2.45) is 0 Å². The maximum atomic E-state index is 12.9. The Hall–Kier alpha value is -0.430. The summed E-state index contributed by atoms with van der Waals surface area (Å²) in [6, 6.07) is 5.71. The first-order chi connectivity index (χ1) is 10.00. The lowest BCUT2D eigenvalue weighted by Crippen LogP contribution is -2.46. The van der Waals surface area contributed by atoms with Crippen LogP contribution in [0.25, 0.3) is 0 Å². The van der Waals surface area contributed by atoms with Gasteiger partial charge in [0.25, 0.3) is 0 Å². The van der Waals surface area contributed by atoms with E-state index in [1.807, 2.05) is 13.0 Å². The number of nitrogens with one attached hydrogen (secondary N) is 1. The number of nitrogens with zero attached hydrogens (tertiary/aromatic N) is 1. The molecule has 116 valence electrons. The molecule has 21 heavy (non-hydrogen) atoms. The Morgan fingerprint density at radius 3 is 2.76 bits per heavy atom. The largest absolute Gasteiger partial charge is 0.312 e. The Balaban J connectivity index is 1.91. The zero-order chi connectivity index (χ0) is 15.0. The molecular weight excluding hydrogens is 352 g/mol. The summed E-state index contributed by atoms with van der Waals surface area (Å²) in [5.41, 5.74) is 0.950. The first-order valence-electron chi connectivity index (χ1n) is 7.51. The summed E-state index contributed by atoms with van der Waals surface area (Å²) in [7, 11) is -3.39. The van der Waals surface area contributed by atoms with E-state index in [4.69, 9.17) is 0 Å². The Kier molecular flexibility index (Phi) is 4.41. The molecule has 0 amide bonds. The molecule has 1 aromatic rings. The van der Waals surface area contributed by atoms with Gasteiger partial charge in [-0.1, -0.05) is 15.9 Å².